The van der Waals surface area contributed by atoms with Crippen molar-refractivity contribution in [1.82, 2.24) is 19.8 Å². The number of ether oxygens (including phenoxy) is 1. The van der Waals surface area contributed by atoms with Crippen LogP contribution in [0.5, 0.6) is 0 Å². The maximum Gasteiger partial charge on any atom is 0.409 e. The lowest BCUT2D eigenvalue weighted by molar-refractivity contribution is 0.0677. The van der Waals surface area contributed by atoms with E-state index in [1.165, 1.54) is 6.42 Å². The summed E-state index contributed by atoms with van der Waals surface area (Å²) in [6.45, 7) is 10.2. The van der Waals surface area contributed by atoms with Gasteiger partial charge in [-0.2, -0.15) is 0 Å². The summed E-state index contributed by atoms with van der Waals surface area (Å²) in [5.74, 6) is 1.08. The summed E-state index contributed by atoms with van der Waals surface area (Å²) < 4.78 is 5.05. The lowest BCUT2D eigenvalue weighted by Gasteiger charge is -2.34. The van der Waals surface area contributed by atoms with Crippen LogP contribution in [-0.2, 0) is 4.74 Å². The maximum absolute atomic E-state index is 12.9. The molecule has 2 fully saturated rings. The smallest absolute Gasteiger partial charge is 0.409 e. The van der Waals surface area contributed by atoms with E-state index in [0.29, 0.717) is 50.3 Å². The topological polar surface area (TPSA) is 78.9 Å². The van der Waals surface area contributed by atoms with Crippen molar-refractivity contribution < 1.29 is 14.3 Å². The third-order valence-corrected chi connectivity index (χ3v) is 5.09. The Bertz CT molecular complexity index is 688. The first-order valence-electron chi connectivity index (χ1n) is 9.79. The van der Waals surface area contributed by atoms with Crippen LogP contribution < -0.4 is 4.90 Å². The maximum atomic E-state index is 12.9. The molecule has 0 saturated carbocycles. The quantitative estimate of drug-likeness (QED) is 0.803. The lowest BCUT2D eigenvalue weighted by atomic mass is 10.00. The molecular formula is C19H29N5O3. The Morgan fingerprint density at radius 1 is 1.15 bits per heavy atom. The van der Waals surface area contributed by atoms with Crippen molar-refractivity contribution in [3.63, 3.8) is 0 Å². The number of carbonyl (C=O) groups is 2. The number of aryl methyl sites for hydroxylation is 1. The molecule has 1 aromatic rings. The highest BCUT2D eigenvalue weighted by atomic mass is 16.6. The van der Waals surface area contributed by atoms with E-state index in [0.717, 1.165) is 25.2 Å². The van der Waals surface area contributed by atoms with Crippen LogP contribution in [0, 0.1) is 12.8 Å². The summed E-state index contributed by atoms with van der Waals surface area (Å²) in [4.78, 5) is 39.4. The fourth-order valence-electron chi connectivity index (χ4n) is 3.64. The van der Waals surface area contributed by atoms with E-state index < -0.39 is 0 Å². The first-order chi connectivity index (χ1) is 13.0. The molecule has 2 aliphatic heterocycles. The molecule has 2 saturated heterocycles. The molecule has 0 aromatic carbocycles. The first-order valence-corrected chi connectivity index (χ1v) is 9.79. The van der Waals surface area contributed by atoms with E-state index in [2.05, 4.69) is 16.9 Å². The minimum atomic E-state index is -0.280. The molecule has 0 aliphatic carbocycles. The molecule has 0 bridgehead atoms. The van der Waals surface area contributed by atoms with Crippen LogP contribution >= 0.6 is 0 Å². The van der Waals surface area contributed by atoms with Crippen LogP contribution in [0.2, 0.25) is 0 Å². The standard InChI is InChI=1S/C19H29N5O3/c1-4-27-19(26)23-10-8-22(9-11-23)18-20-15(3)12-16(21-18)17(25)24-7-5-6-14(2)13-24/h12,14H,4-11,13H2,1-3H3. The molecule has 3 heterocycles. The van der Waals surface area contributed by atoms with Crippen LogP contribution in [0.3, 0.4) is 0 Å². The van der Waals surface area contributed by atoms with Gasteiger partial charge in [-0.3, -0.25) is 4.79 Å². The van der Waals surface area contributed by atoms with Gasteiger partial charge in [0.2, 0.25) is 5.95 Å². The zero-order chi connectivity index (χ0) is 19.4. The number of nitrogens with zero attached hydrogens (tertiary/aromatic N) is 5. The number of piperazine rings is 1. The van der Waals surface area contributed by atoms with E-state index >= 15 is 0 Å². The lowest BCUT2D eigenvalue weighted by Crippen LogP contribution is -2.49. The summed E-state index contributed by atoms with van der Waals surface area (Å²) in [6.07, 6.45) is 1.93. The van der Waals surface area contributed by atoms with Gasteiger partial charge in [-0.15, -0.1) is 0 Å². The zero-order valence-corrected chi connectivity index (χ0v) is 16.5. The number of hydrogen-bond donors (Lipinski definition) is 0. The average molecular weight is 375 g/mol. The van der Waals surface area contributed by atoms with Crippen LogP contribution in [0.4, 0.5) is 10.7 Å². The third-order valence-electron chi connectivity index (χ3n) is 5.09. The summed E-state index contributed by atoms with van der Waals surface area (Å²) in [6, 6.07) is 1.76. The van der Waals surface area contributed by atoms with Crippen LogP contribution in [0.1, 0.15) is 42.9 Å². The largest absolute Gasteiger partial charge is 0.450 e. The number of likely N-dealkylation sites (tertiary alicyclic amines) is 1. The number of carbonyl (C=O) groups excluding carboxylic acids is 2. The molecule has 8 heteroatoms. The van der Waals surface area contributed by atoms with E-state index in [1.54, 1.807) is 17.9 Å². The second-order valence-electron chi connectivity index (χ2n) is 7.37. The first kappa shape index (κ1) is 19.4. The summed E-state index contributed by atoms with van der Waals surface area (Å²) in [5, 5.41) is 0. The molecule has 148 valence electrons. The van der Waals surface area contributed by atoms with Gasteiger partial charge in [-0.1, -0.05) is 6.92 Å². The Kier molecular flexibility index (Phi) is 6.13. The van der Waals surface area contributed by atoms with Gasteiger partial charge < -0.3 is 19.4 Å². The normalized spacial score (nSPS) is 20.6. The van der Waals surface area contributed by atoms with Crippen LogP contribution in [0.25, 0.3) is 0 Å². The minimum Gasteiger partial charge on any atom is -0.450 e. The molecule has 1 atom stereocenters. The Labute approximate surface area is 160 Å². The van der Waals surface area contributed by atoms with Crippen molar-refractivity contribution in [3.05, 3.63) is 17.5 Å². The molecule has 27 heavy (non-hydrogen) atoms. The SMILES string of the molecule is CCOC(=O)N1CCN(c2nc(C)cc(C(=O)N3CCCC(C)C3)n2)CC1. The number of anilines is 1. The van der Waals surface area contributed by atoms with Gasteiger partial charge in [0.05, 0.1) is 6.61 Å². The second kappa shape index (κ2) is 8.54. The van der Waals surface area contributed by atoms with E-state index in [4.69, 9.17) is 4.74 Å². The minimum absolute atomic E-state index is 0.0153. The highest BCUT2D eigenvalue weighted by Crippen LogP contribution is 2.19. The fourth-order valence-corrected chi connectivity index (χ4v) is 3.64. The zero-order valence-electron chi connectivity index (χ0n) is 16.5. The van der Waals surface area contributed by atoms with Crippen molar-refractivity contribution in [3.8, 4) is 0 Å². The molecule has 0 N–H and O–H groups in total. The third kappa shape index (κ3) is 4.67. The molecule has 1 unspecified atom stereocenters. The predicted octanol–water partition coefficient (Wildman–Crippen LogP) is 1.94. The number of amides is 2. The van der Waals surface area contributed by atoms with Crippen molar-refractivity contribution in [1.29, 1.82) is 0 Å². The van der Waals surface area contributed by atoms with Gasteiger partial charge in [-0.25, -0.2) is 14.8 Å². The average Bonchev–Trinajstić information content (AvgIpc) is 2.67. The molecule has 0 spiro atoms. The van der Waals surface area contributed by atoms with Crippen LogP contribution in [0.15, 0.2) is 6.07 Å². The highest BCUT2D eigenvalue weighted by Gasteiger charge is 2.26. The Morgan fingerprint density at radius 2 is 1.89 bits per heavy atom. The molecule has 8 nitrogen and oxygen atoms in total. The van der Waals surface area contributed by atoms with E-state index in [-0.39, 0.29) is 12.0 Å². The number of aromatic nitrogens is 2. The van der Waals surface area contributed by atoms with Gasteiger partial charge >= 0.3 is 6.09 Å². The van der Waals surface area contributed by atoms with Gasteiger partial charge in [0, 0.05) is 45.0 Å². The van der Waals surface area contributed by atoms with Crippen molar-refractivity contribution in [2.75, 3.05) is 50.8 Å². The predicted molar refractivity (Wildman–Crippen MR) is 102 cm³/mol. The van der Waals surface area contributed by atoms with Gasteiger partial charge in [-0.05, 0) is 38.7 Å². The van der Waals surface area contributed by atoms with Crippen molar-refractivity contribution >= 4 is 17.9 Å². The summed E-state index contributed by atoms with van der Waals surface area (Å²) >= 11 is 0. The molecule has 2 aliphatic rings. The number of piperidine rings is 1. The Morgan fingerprint density at radius 3 is 2.56 bits per heavy atom. The fraction of sp³-hybridized carbons (Fsp3) is 0.684. The molecule has 1 aromatic heterocycles. The van der Waals surface area contributed by atoms with Crippen molar-refractivity contribution in [2.45, 2.75) is 33.6 Å². The van der Waals surface area contributed by atoms with E-state index in [1.807, 2.05) is 16.7 Å². The molecular weight excluding hydrogens is 346 g/mol. The summed E-state index contributed by atoms with van der Waals surface area (Å²) in [7, 11) is 0. The van der Waals surface area contributed by atoms with Gasteiger partial charge in [0.1, 0.15) is 5.69 Å². The van der Waals surface area contributed by atoms with Gasteiger partial charge in [0.25, 0.3) is 5.91 Å². The molecule has 0 radical (unpaired) electrons. The molecule has 2 amide bonds. The highest BCUT2D eigenvalue weighted by molar-refractivity contribution is 5.92. The monoisotopic (exact) mass is 375 g/mol. The molecule has 3 rings (SSSR count). The number of rotatable bonds is 3. The van der Waals surface area contributed by atoms with Gasteiger partial charge in [0.15, 0.2) is 0 Å². The Hall–Kier alpha value is -2.38. The van der Waals surface area contributed by atoms with Crippen LogP contribution in [-0.4, -0.2) is 77.6 Å². The Balaban J connectivity index is 1.69. The number of hydrogen-bond acceptors (Lipinski definition) is 6. The second-order valence-corrected chi connectivity index (χ2v) is 7.37. The van der Waals surface area contributed by atoms with E-state index in [9.17, 15) is 9.59 Å². The van der Waals surface area contributed by atoms with Crippen molar-refractivity contribution in [2.24, 2.45) is 5.92 Å². The summed E-state index contributed by atoms with van der Waals surface area (Å²) in [5.41, 5.74) is 1.24.